The number of nitrogens with one attached hydrogen (secondary N) is 1. The molecule has 94 valence electrons. The molecule has 2 N–H and O–H groups in total. The zero-order valence-corrected chi connectivity index (χ0v) is 9.17. The Labute approximate surface area is 97.5 Å². The Bertz CT molecular complexity index is 397. The number of fused-ring (bicyclic) bond motifs is 1. The van der Waals surface area contributed by atoms with Crippen LogP contribution in [0.5, 0.6) is 0 Å². The maximum atomic E-state index is 12.9. The number of hydrogen-bond acceptors (Lipinski definition) is 2. The summed E-state index contributed by atoms with van der Waals surface area (Å²) in [6.45, 7) is -0.154. The molecule has 0 aliphatic heterocycles. The third kappa shape index (κ3) is 2.79. The van der Waals surface area contributed by atoms with Gasteiger partial charge in [0.25, 0.3) is 6.43 Å². The molecule has 2 unspecified atom stereocenters. The number of aryl methyl sites for hydroxylation is 1. The summed E-state index contributed by atoms with van der Waals surface area (Å²) in [5, 5.41) is 11.9. The van der Waals surface area contributed by atoms with E-state index in [9.17, 15) is 13.2 Å². The average Bonchev–Trinajstić information content (AvgIpc) is 2.67. The van der Waals surface area contributed by atoms with Crippen LogP contribution in [0.15, 0.2) is 18.2 Å². The lowest BCUT2D eigenvalue weighted by atomic mass is 10.1. The number of aliphatic hydroxyl groups excluding tert-OH is 1. The molecule has 5 heteroatoms. The highest BCUT2D eigenvalue weighted by atomic mass is 19.3. The molecule has 1 aliphatic carbocycles. The predicted octanol–water partition coefficient (Wildman–Crippen LogP) is 2.03. The molecule has 0 spiro atoms. The maximum Gasteiger partial charge on any atom is 0.265 e. The van der Waals surface area contributed by atoms with E-state index in [0.29, 0.717) is 0 Å². The number of hydrogen-bond donors (Lipinski definition) is 2. The van der Waals surface area contributed by atoms with E-state index >= 15 is 0 Å². The van der Waals surface area contributed by atoms with Crippen LogP contribution in [0.4, 0.5) is 13.2 Å². The molecular formula is C12H14F3NO. The van der Waals surface area contributed by atoms with Gasteiger partial charge in [0.2, 0.25) is 0 Å². The molecule has 0 fully saturated rings. The van der Waals surface area contributed by atoms with Crippen molar-refractivity contribution in [2.45, 2.75) is 31.4 Å². The Kier molecular flexibility index (Phi) is 3.69. The Morgan fingerprint density at radius 3 is 2.88 bits per heavy atom. The lowest BCUT2D eigenvalue weighted by Gasteiger charge is -2.16. The molecule has 0 radical (unpaired) electrons. The van der Waals surface area contributed by atoms with Crippen LogP contribution in [0.2, 0.25) is 0 Å². The lowest BCUT2D eigenvalue weighted by Crippen LogP contribution is -2.33. The van der Waals surface area contributed by atoms with E-state index in [0.717, 1.165) is 24.0 Å². The van der Waals surface area contributed by atoms with Crippen molar-refractivity contribution in [1.29, 1.82) is 0 Å². The van der Waals surface area contributed by atoms with Crippen molar-refractivity contribution in [3.05, 3.63) is 35.1 Å². The first-order valence-corrected chi connectivity index (χ1v) is 5.56. The average molecular weight is 245 g/mol. The summed E-state index contributed by atoms with van der Waals surface area (Å²) in [6, 6.07) is 4.44. The van der Waals surface area contributed by atoms with E-state index in [1.165, 1.54) is 12.1 Å². The van der Waals surface area contributed by atoms with Crippen molar-refractivity contribution in [1.82, 2.24) is 5.32 Å². The zero-order valence-electron chi connectivity index (χ0n) is 9.17. The van der Waals surface area contributed by atoms with E-state index in [1.807, 2.05) is 0 Å². The van der Waals surface area contributed by atoms with Gasteiger partial charge in [0.05, 0.1) is 0 Å². The van der Waals surface area contributed by atoms with Crippen LogP contribution in [0.3, 0.4) is 0 Å². The summed E-state index contributed by atoms with van der Waals surface area (Å²) in [7, 11) is 0. The minimum absolute atomic E-state index is 0.0704. The predicted molar refractivity (Wildman–Crippen MR) is 57.5 cm³/mol. The molecule has 0 saturated heterocycles. The van der Waals surface area contributed by atoms with Gasteiger partial charge in [-0.05, 0) is 36.1 Å². The van der Waals surface area contributed by atoms with Gasteiger partial charge < -0.3 is 10.4 Å². The number of rotatable bonds is 4. The minimum atomic E-state index is -2.74. The van der Waals surface area contributed by atoms with Gasteiger partial charge in [0, 0.05) is 12.6 Å². The van der Waals surface area contributed by atoms with Crippen LogP contribution in [0.1, 0.15) is 23.6 Å². The summed E-state index contributed by atoms with van der Waals surface area (Å²) in [5.41, 5.74) is 1.85. The molecule has 17 heavy (non-hydrogen) atoms. The molecule has 0 saturated carbocycles. The van der Waals surface area contributed by atoms with Gasteiger partial charge >= 0.3 is 0 Å². The van der Waals surface area contributed by atoms with Crippen molar-refractivity contribution in [3.63, 3.8) is 0 Å². The van der Waals surface area contributed by atoms with Crippen molar-refractivity contribution in [2.24, 2.45) is 0 Å². The Morgan fingerprint density at radius 1 is 1.41 bits per heavy atom. The summed E-state index contributed by atoms with van der Waals surface area (Å²) in [4.78, 5) is 0. The van der Waals surface area contributed by atoms with Gasteiger partial charge in [-0.1, -0.05) is 6.07 Å². The first-order chi connectivity index (χ1) is 8.08. The summed E-state index contributed by atoms with van der Waals surface area (Å²) in [5.74, 6) is -0.281. The maximum absolute atomic E-state index is 12.9. The molecule has 2 atom stereocenters. The van der Waals surface area contributed by atoms with E-state index < -0.39 is 12.5 Å². The molecule has 2 rings (SSSR count). The normalized spacial score (nSPS) is 20.6. The third-order valence-corrected chi connectivity index (χ3v) is 3.05. The standard InChI is InChI=1S/C12H14F3NO/c13-8-2-3-9-7(5-8)1-4-10(9)16-6-11(17)12(14)15/h2-3,5,10-12,16-17H,1,4,6H2. The van der Waals surface area contributed by atoms with Crippen LogP contribution < -0.4 is 5.32 Å². The topological polar surface area (TPSA) is 32.3 Å². The van der Waals surface area contributed by atoms with Crippen molar-refractivity contribution < 1.29 is 18.3 Å². The molecule has 1 aliphatic rings. The fourth-order valence-corrected chi connectivity index (χ4v) is 2.15. The van der Waals surface area contributed by atoms with Crippen LogP contribution in [-0.2, 0) is 6.42 Å². The quantitative estimate of drug-likeness (QED) is 0.850. The number of alkyl halides is 2. The highest BCUT2D eigenvalue weighted by Gasteiger charge is 2.24. The number of benzene rings is 1. The van der Waals surface area contributed by atoms with Gasteiger partial charge in [-0.15, -0.1) is 0 Å². The van der Waals surface area contributed by atoms with E-state index in [4.69, 9.17) is 5.11 Å². The highest BCUT2D eigenvalue weighted by molar-refractivity contribution is 5.34. The Morgan fingerprint density at radius 2 is 2.18 bits per heavy atom. The summed E-state index contributed by atoms with van der Waals surface area (Å²) >= 11 is 0. The molecule has 2 nitrogen and oxygen atoms in total. The van der Waals surface area contributed by atoms with E-state index in [-0.39, 0.29) is 18.4 Å². The molecule has 0 bridgehead atoms. The first kappa shape index (κ1) is 12.4. The van der Waals surface area contributed by atoms with Crippen LogP contribution in [-0.4, -0.2) is 24.2 Å². The van der Waals surface area contributed by atoms with Crippen LogP contribution >= 0.6 is 0 Å². The van der Waals surface area contributed by atoms with E-state index in [1.54, 1.807) is 6.07 Å². The molecule has 1 aromatic carbocycles. The molecule has 0 heterocycles. The smallest absolute Gasteiger partial charge is 0.265 e. The van der Waals surface area contributed by atoms with Gasteiger partial charge in [-0.2, -0.15) is 0 Å². The minimum Gasteiger partial charge on any atom is -0.386 e. The van der Waals surface area contributed by atoms with Crippen LogP contribution in [0.25, 0.3) is 0 Å². The summed E-state index contributed by atoms with van der Waals surface area (Å²) in [6.07, 6.45) is -2.92. The van der Waals surface area contributed by atoms with Crippen molar-refractivity contribution in [3.8, 4) is 0 Å². The fourth-order valence-electron chi connectivity index (χ4n) is 2.15. The Balaban J connectivity index is 1.98. The Hall–Kier alpha value is -1.07. The monoisotopic (exact) mass is 245 g/mol. The molecular weight excluding hydrogens is 231 g/mol. The largest absolute Gasteiger partial charge is 0.386 e. The van der Waals surface area contributed by atoms with Crippen molar-refractivity contribution in [2.75, 3.05) is 6.54 Å². The van der Waals surface area contributed by atoms with Gasteiger partial charge in [-0.25, -0.2) is 13.2 Å². The third-order valence-electron chi connectivity index (χ3n) is 3.05. The molecule has 1 aromatic rings. The van der Waals surface area contributed by atoms with Crippen LogP contribution in [0, 0.1) is 5.82 Å². The second-order valence-electron chi connectivity index (χ2n) is 4.24. The van der Waals surface area contributed by atoms with Gasteiger partial charge in [0.1, 0.15) is 11.9 Å². The number of halogens is 3. The lowest BCUT2D eigenvalue weighted by molar-refractivity contribution is -0.00462. The van der Waals surface area contributed by atoms with Gasteiger partial charge in [-0.3, -0.25) is 0 Å². The fraction of sp³-hybridized carbons (Fsp3) is 0.500. The second kappa shape index (κ2) is 5.06. The summed E-state index contributed by atoms with van der Waals surface area (Å²) < 4.78 is 37.2. The SMILES string of the molecule is OC(CNC1CCc2cc(F)ccc21)C(F)F. The number of aliphatic hydroxyl groups is 1. The molecule has 0 amide bonds. The first-order valence-electron chi connectivity index (χ1n) is 5.56. The van der Waals surface area contributed by atoms with E-state index in [2.05, 4.69) is 5.32 Å². The molecule has 0 aromatic heterocycles. The van der Waals surface area contributed by atoms with Crippen molar-refractivity contribution >= 4 is 0 Å². The highest BCUT2D eigenvalue weighted by Crippen LogP contribution is 2.31. The second-order valence-corrected chi connectivity index (χ2v) is 4.24. The van der Waals surface area contributed by atoms with Gasteiger partial charge in [0.15, 0.2) is 0 Å². The zero-order chi connectivity index (χ0) is 12.4.